The number of carbonyl (C=O) groups is 1. The second kappa shape index (κ2) is 5.09. The first-order valence-electron chi connectivity index (χ1n) is 9.07. The summed E-state index contributed by atoms with van der Waals surface area (Å²) in [5.74, 6) is 1.12. The summed E-state index contributed by atoms with van der Waals surface area (Å²) in [6, 6.07) is 9.02. The molecule has 5 rings (SSSR count). The van der Waals surface area contributed by atoms with Crippen molar-refractivity contribution < 1.29 is 4.79 Å². The molecule has 0 bridgehead atoms. The van der Waals surface area contributed by atoms with Gasteiger partial charge >= 0.3 is 0 Å². The molecule has 4 aliphatic rings. The number of rotatable bonds is 0. The van der Waals surface area contributed by atoms with Gasteiger partial charge in [0, 0.05) is 31.6 Å². The Bertz CT molecular complexity index is 755. The fraction of sp³-hybridized carbons (Fsp3) is 0.476. The van der Waals surface area contributed by atoms with Crippen molar-refractivity contribution in [3.63, 3.8) is 0 Å². The lowest BCUT2D eigenvalue weighted by molar-refractivity contribution is -0.120. The molecule has 2 aliphatic heterocycles. The molecule has 0 aromatic heterocycles. The van der Waals surface area contributed by atoms with E-state index in [1.165, 1.54) is 36.9 Å². The Hall–Kier alpha value is -1.83. The first-order valence-corrected chi connectivity index (χ1v) is 9.07. The smallest absolute Gasteiger partial charge is 0.140 e. The summed E-state index contributed by atoms with van der Waals surface area (Å²) in [4.78, 5) is 14.5. The van der Waals surface area contributed by atoms with E-state index in [1.54, 1.807) is 22.3 Å². The number of nitrogens with zero attached hydrogens (tertiary/aromatic N) is 1. The highest BCUT2D eigenvalue weighted by atomic mass is 16.1. The molecule has 1 saturated heterocycles. The molecule has 2 heteroatoms. The summed E-state index contributed by atoms with van der Waals surface area (Å²) >= 11 is 0. The van der Waals surface area contributed by atoms with Crippen LogP contribution in [0, 0.1) is 5.92 Å². The molecule has 2 heterocycles. The molecule has 2 aliphatic carbocycles. The van der Waals surface area contributed by atoms with Gasteiger partial charge in [0.2, 0.25) is 0 Å². The van der Waals surface area contributed by atoms with E-state index < -0.39 is 0 Å². The zero-order chi connectivity index (χ0) is 15.4. The number of Topliss-reactive ketones (excluding diaryl/α,β-unsaturated/α-hetero) is 1. The van der Waals surface area contributed by atoms with Crippen molar-refractivity contribution >= 4 is 5.78 Å². The van der Waals surface area contributed by atoms with Crippen LogP contribution in [0.5, 0.6) is 0 Å². The Morgan fingerprint density at radius 2 is 1.91 bits per heavy atom. The van der Waals surface area contributed by atoms with E-state index in [1.807, 2.05) is 0 Å². The van der Waals surface area contributed by atoms with Gasteiger partial charge in [-0.2, -0.15) is 0 Å². The third kappa shape index (κ3) is 2.11. The van der Waals surface area contributed by atoms with Crippen LogP contribution in [0.2, 0.25) is 0 Å². The molecular formula is C21H23NO. The molecule has 23 heavy (non-hydrogen) atoms. The lowest BCUT2D eigenvalue weighted by Crippen LogP contribution is -2.39. The van der Waals surface area contributed by atoms with Gasteiger partial charge < -0.3 is 4.90 Å². The molecule has 2 fully saturated rings. The van der Waals surface area contributed by atoms with Crippen molar-refractivity contribution in [3.8, 4) is 0 Å². The monoisotopic (exact) mass is 305 g/mol. The molecule has 1 unspecified atom stereocenters. The number of hydrogen-bond donors (Lipinski definition) is 0. The van der Waals surface area contributed by atoms with Gasteiger partial charge in [0.05, 0.1) is 0 Å². The lowest BCUT2D eigenvalue weighted by atomic mass is 9.73. The van der Waals surface area contributed by atoms with E-state index in [0.717, 1.165) is 25.9 Å². The Morgan fingerprint density at radius 1 is 1.04 bits per heavy atom. The molecule has 1 atom stereocenters. The van der Waals surface area contributed by atoms with Gasteiger partial charge in [-0.1, -0.05) is 24.3 Å². The second-order valence-electron chi connectivity index (χ2n) is 7.57. The van der Waals surface area contributed by atoms with E-state index >= 15 is 0 Å². The maximum Gasteiger partial charge on any atom is 0.140 e. The van der Waals surface area contributed by atoms with Gasteiger partial charge in [0.25, 0.3) is 0 Å². The Labute approximate surface area is 137 Å². The average molecular weight is 305 g/mol. The maximum absolute atomic E-state index is 12.0. The summed E-state index contributed by atoms with van der Waals surface area (Å²) in [6.07, 6.45) is 7.52. The molecule has 2 nitrogen and oxygen atoms in total. The van der Waals surface area contributed by atoms with Gasteiger partial charge in [-0.15, -0.1) is 0 Å². The minimum Gasteiger partial charge on any atom is -0.370 e. The summed E-state index contributed by atoms with van der Waals surface area (Å²) in [6.45, 7) is 1.99. The number of carbonyl (C=O) groups excluding carboxylic acids is 1. The molecule has 1 aromatic rings. The quantitative estimate of drug-likeness (QED) is 0.726. The van der Waals surface area contributed by atoms with Crippen LogP contribution in [-0.4, -0.2) is 23.8 Å². The number of hydrogen-bond acceptors (Lipinski definition) is 2. The van der Waals surface area contributed by atoms with Crippen LogP contribution >= 0.6 is 0 Å². The summed E-state index contributed by atoms with van der Waals surface area (Å²) in [5, 5.41) is 0. The zero-order valence-corrected chi connectivity index (χ0v) is 13.6. The third-order valence-corrected chi connectivity index (χ3v) is 6.22. The highest BCUT2D eigenvalue weighted by molar-refractivity contribution is 5.82. The van der Waals surface area contributed by atoms with Crippen molar-refractivity contribution in [1.82, 2.24) is 4.90 Å². The second-order valence-corrected chi connectivity index (χ2v) is 7.57. The van der Waals surface area contributed by atoms with Crippen LogP contribution < -0.4 is 0 Å². The van der Waals surface area contributed by atoms with Crippen LogP contribution in [0.3, 0.4) is 0 Å². The number of allylic oxidation sites excluding steroid dienone is 3. The Kier molecular flexibility index (Phi) is 3.01. The van der Waals surface area contributed by atoms with Gasteiger partial charge in [-0.3, -0.25) is 4.79 Å². The van der Waals surface area contributed by atoms with Crippen LogP contribution in [0.15, 0.2) is 46.7 Å². The summed E-state index contributed by atoms with van der Waals surface area (Å²) in [5.41, 5.74) is 9.33. The summed E-state index contributed by atoms with van der Waals surface area (Å²) in [7, 11) is 0. The zero-order valence-electron chi connectivity index (χ0n) is 13.6. The van der Waals surface area contributed by atoms with Crippen LogP contribution in [-0.2, 0) is 17.6 Å². The molecule has 1 aromatic carbocycles. The Morgan fingerprint density at radius 3 is 2.83 bits per heavy atom. The fourth-order valence-corrected chi connectivity index (χ4v) is 5.20. The highest BCUT2D eigenvalue weighted by Crippen LogP contribution is 2.46. The van der Waals surface area contributed by atoms with Crippen molar-refractivity contribution in [2.45, 2.75) is 44.9 Å². The number of fused-ring (bicyclic) bond motifs is 2. The predicted molar refractivity (Wildman–Crippen MR) is 91.1 cm³/mol. The number of piperidine rings is 1. The van der Waals surface area contributed by atoms with Crippen molar-refractivity contribution in [3.05, 3.63) is 57.8 Å². The third-order valence-electron chi connectivity index (χ3n) is 6.22. The first-order chi connectivity index (χ1) is 11.3. The van der Waals surface area contributed by atoms with E-state index in [9.17, 15) is 4.79 Å². The van der Waals surface area contributed by atoms with Crippen molar-refractivity contribution in [2.75, 3.05) is 13.1 Å². The van der Waals surface area contributed by atoms with Gasteiger partial charge in [0.1, 0.15) is 5.78 Å². The van der Waals surface area contributed by atoms with Crippen LogP contribution in [0.1, 0.15) is 43.2 Å². The molecule has 0 spiro atoms. The standard InChI is InChI=1S/C21H23NO/c23-18-8-9-22-13-17-11-15-5-2-1-4-14(15)10-16-6-3-7-19(21(16)17)20(22)12-18/h1-2,4-5,16H,3,6-13H2. The topological polar surface area (TPSA) is 20.3 Å². The van der Waals surface area contributed by atoms with Crippen molar-refractivity contribution in [1.29, 1.82) is 0 Å². The van der Waals surface area contributed by atoms with Crippen LogP contribution in [0.4, 0.5) is 0 Å². The molecule has 118 valence electrons. The van der Waals surface area contributed by atoms with E-state index in [-0.39, 0.29) is 0 Å². The molecule has 0 radical (unpaired) electrons. The predicted octanol–water partition coefficient (Wildman–Crippen LogP) is 3.81. The minimum absolute atomic E-state index is 0.437. The van der Waals surface area contributed by atoms with Crippen LogP contribution in [0.25, 0.3) is 0 Å². The molecular weight excluding hydrogens is 282 g/mol. The normalized spacial score (nSPS) is 26.5. The SMILES string of the molecule is O=C1CCN2CC3=C4C(=C2C1)CCCC4Cc1ccccc1C3. The highest BCUT2D eigenvalue weighted by Gasteiger charge is 2.37. The molecule has 0 amide bonds. The first kappa shape index (κ1) is 13.6. The summed E-state index contributed by atoms with van der Waals surface area (Å²) < 4.78 is 0. The van der Waals surface area contributed by atoms with Gasteiger partial charge in [0.15, 0.2) is 0 Å². The molecule has 1 saturated carbocycles. The Balaban J connectivity index is 1.65. The van der Waals surface area contributed by atoms with E-state index in [0.29, 0.717) is 18.1 Å². The fourth-order valence-electron chi connectivity index (χ4n) is 5.20. The minimum atomic E-state index is 0.437. The largest absolute Gasteiger partial charge is 0.370 e. The lowest BCUT2D eigenvalue weighted by Gasteiger charge is -2.42. The number of ketones is 1. The van der Waals surface area contributed by atoms with E-state index in [4.69, 9.17) is 0 Å². The average Bonchev–Trinajstić information content (AvgIpc) is 2.73. The van der Waals surface area contributed by atoms with Gasteiger partial charge in [-0.25, -0.2) is 0 Å². The van der Waals surface area contributed by atoms with Gasteiger partial charge in [-0.05, 0) is 65.9 Å². The van der Waals surface area contributed by atoms with E-state index in [2.05, 4.69) is 29.2 Å². The maximum atomic E-state index is 12.0. The van der Waals surface area contributed by atoms with Crippen molar-refractivity contribution in [2.24, 2.45) is 5.92 Å². The number of benzene rings is 1. The molecule has 0 N–H and O–H groups in total.